The Hall–Kier alpha value is -2.49. The number of methoxy groups -OCH3 is 1. The second kappa shape index (κ2) is 10.4. The summed E-state index contributed by atoms with van der Waals surface area (Å²) < 4.78 is 34.1. The number of sulfone groups is 1. The molecule has 0 saturated heterocycles. The summed E-state index contributed by atoms with van der Waals surface area (Å²) in [7, 11) is -2.79. The zero-order chi connectivity index (χ0) is 23.3. The van der Waals surface area contributed by atoms with Crippen LogP contribution < -0.4 is 5.56 Å². The number of benzene rings is 2. The van der Waals surface area contributed by atoms with Gasteiger partial charge in [-0.3, -0.25) is 9.36 Å². The van der Waals surface area contributed by atoms with E-state index in [1.54, 1.807) is 12.1 Å². The van der Waals surface area contributed by atoms with E-state index in [0.717, 1.165) is 18.4 Å². The van der Waals surface area contributed by atoms with Gasteiger partial charge in [-0.05, 0) is 36.2 Å². The maximum Gasteiger partial charge on any atom is 0.296 e. The summed E-state index contributed by atoms with van der Waals surface area (Å²) in [5.74, 6) is -0.320. The molecule has 32 heavy (non-hydrogen) atoms. The quantitative estimate of drug-likeness (QED) is 0.455. The molecule has 1 atom stereocenters. The van der Waals surface area contributed by atoms with Gasteiger partial charge in [0, 0.05) is 18.0 Å². The van der Waals surface area contributed by atoms with Crippen LogP contribution in [0.5, 0.6) is 5.88 Å². The van der Waals surface area contributed by atoms with Gasteiger partial charge in [0.1, 0.15) is 5.82 Å². The number of hydrogen-bond acceptors (Lipinski definition) is 6. The van der Waals surface area contributed by atoms with Crippen LogP contribution in [-0.2, 0) is 21.0 Å². The third kappa shape index (κ3) is 4.95. The van der Waals surface area contributed by atoms with E-state index in [1.165, 1.54) is 23.8 Å². The third-order valence-electron chi connectivity index (χ3n) is 5.10. The number of halogens is 1. The van der Waals surface area contributed by atoms with Crippen LogP contribution in [0.25, 0.3) is 0 Å². The molecule has 1 aromatic heterocycles. The largest absolute Gasteiger partial charge is 0.493 e. The predicted molar refractivity (Wildman–Crippen MR) is 125 cm³/mol. The molecule has 0 spiro atoms. The Labute approximate surface area is 195 Å². The van der Waals surface area contributed by atoms with Crippen LogP contribution in [0.4, 0.5) is 0 Å². The van der Waals surface area contributed by atoms with E-state index < -0.39 is 32.2 Å². The lowest BCUT2D eigenvalue weighted by Crippen LogP contribution is -2.29. The molecule has 2 aromatic carbocycles. The van der Waals surface area contributed by atoms with Crippen LogP contribution in [0.3, 0.4) is 0 Å². The van der Waals surface area contributed by atoms with Crippen LogP contribution in [-0.4, -0.2) is 36.8 Å². The minimum atomic E-state index is -4.31. The Morgan fingerprint density at radius 3 is 2.38 bits per heavy atom. The van der Waals surface area contributed by atoms with Gasteiger partial charge < -0.3 is 9.84 Å². The fourth-order valence-electron chi connectivity index (χ4n) is 3.51. The van der Waals surface area contributed by atoms with E-state index in [1.807, 2.05) is 37.3 Å². The van der Waals surface area contributed by atoms with Crippen molar-refractivity contribution in [1.29, 1.82) is 0 Å². The Kier molecular flexibility index (Phi) is 7.86. The van der Waals surface area contributed by atoms with Crippen LogP contribution in [0.15, 0.2) is 73.7 Å². The minimum Gasteiger partial charge on any atom is -0.493 e. The van der Waals surface area contributed by atoms with E-state index in [4.69, 9.17) is 4.74 Å². The van der Waals surface area contributed by atoms with Gasteiger partial charge in [0.2, 0.25) is 15.7 Å². The smallest absolute Gasteiger partial charge is 0.296 e. The van der Waals surface area contributed by atoms with Crippen molar-refractivity contribution in [2.24, 2.45) is 0 Å². The first-order valence-electron chi connectivity index (χ1n) is 10.2. The Morgan fingerprint density at radius 1 is 1.12 bits per heavy atom. The molecule has 3 aromatic rings. The Balaban J connectivity index is 2.29. The minimum absolute atomic E-state index is 0.106. The zero-order valence-electron chi connectivity index (χ0n) is 17.9. The average molecular weight is 521 g/mol. The van der Waals surface area contributed by atoms with Crippen molar-refractivity contribution in [3.05, 3.63) is 80.8 Å². The van der Waals surface area contributed by atoms with Gasteiger partial charge in [-0.2, -0.15) is 4.98 Å². The number of rotatable bonds is 9. The summed E-state index contributed by atoms with van der Waals surface area (Å²) in [6.45, 7) is 2.15. The SMILES string of the molecule is CCCCc1nc(=O)c(S(=O)(=O)c2ccc(Br)cc2)c(O)n1[C@@H](COC)c1ccccc1. The summed E-state index contributed by atoms with van der Waals surface area (Å²) in [5.41, 5.74) is -0.183. The molecule has 3 rings (SSSR count). The molecule has 0 unspecified atom stereocenters. The standard InChI is InChI=1S/C23H25BrN2O5S/c1-3-4-10-20-25-22(27)21(32(29,30)18-13-11-17(24)12-14-18)23(28)26(20)19(15-31-2)16-8-6-5-7-9-16/h5-9,11-14,19,28H,3-4,10,15H2,1-2H3/t19-/m0/s1. The summed E-state index contributed by atoms with van der Waals surface area (Å²) in [6, 6.07) is 14.5. The second-order valence-corrected chi connectivity index (χ2v) is 10.1. The van der Waals surface area contributed by atoms with Gasteiger partial charge in [-0.25, -0.2) is 8.42 Å². The van der Waals surface area contributed by atoms with Crippen molar-refractivity contribution in [2.45, 2.75) is 42.0 Å². The molecule has 0 amide bonds. The number of aromatic hydroxyl groups is 1. The zero-order valence-corrected chi connectivity index (χ0v) is 20.3. The van der Waals surface area contributed by atoms with Gasteiger partial charge in [0.05, 0.1) is 17.5 Å². The molecule has 0 aliphatic heterocycles. The fraction of sp³-hybridized carbons (Fsp3) is 0.304. The number of ether oxygens (including phenoxy) is 1. The van der Waals surface area contributed by atoms with Gasteiger partial charge in [0.15, 0.2) is 4.90 Å². The molecule has 170 valence electrons. The Morgan fingerprint density at radius 2 is 1.78 bits per heavy atom. The van der Waals surface area contributed by atoms with Crippen molar-refractivity contribution in [1.82, 2.24) is 9.55 Å². The van der Waals surface area contributed by atoms with Crippen molar-refractivity contribution in [3.63, 3.8) is 0 Å². The predicted octanol–water partition coefficient (Wildman–Crippen LogP) is 4.12. The van der Waals surface area contributed by atoms with Crippen LogP contribution >= 0.6 is 15.9 Å². The van der Waals surface area contributed by atoms with Gasteiger partial charge in [-0.1, -0.05) is 59.6 Å². The van der Waals surface area contributed by atoms with Crippen molar-refractivity contribution >= 4 is 25.8 Å². The fourth-order valence-corrected chi connectivity index (χ4v) is 5.12. The van der Waals surface area contributed by atoms with E-state index in [-0.39, 0.29) is 11.5 Å². The number of nitrogens with zero attached hydrogens (tertiary/aromatic N) is 2. The molecule has 0 saturated carbocycles. The monoisotopic (exact) mass is 520 g/mol. The normalized spacial score (nSPS) is 12.6. The molecule has 0 fully saturated rings. The summed E-state index contributed by atoms with van der Waals surface area (Å²) >= 11 is 3.27. The van der Waals surface area contributed by atoms with Crippen LogP contribution in [0, 0.1) is 0 Å². The molecule has 0 radical (unpaired) electrons. The lowest BCUT2D eigenvalue weighted by atomic mass is 10.1. The first-order valence-corrected chi connectivity index (χ1v) is 12.5. The number of aryl methyl sites for hydroxylation is 1. The molecule has 9 heteroatoms. The van der Waals surface area contributed by atoms with Crippen molar-refractivity contribution < 1.29 is 18.3 Å². The number of hydrogen-bond donors (Lipinski definition) is 1. The first-order chi connectivity index (χ1) is 15.3. The molecule has 0 bridgehead atoms. The number of aromatic nitrogens is 2. The van der Waals surface area contributed by atoms with Crippen molar-refractivity contribution in [3.8, 4) is 5.88 Å². The topological polar surface area (TPSA) is 98.5 Å². The van der Waals surface area contributed by atoms with Crippen LogP contribution in [0.1, 0.15) is 37.2 Å². The van der Waals surface area contributed by atoms with E-state index in [9.17, 15) is 18.3 Å². The van der Waals surface area contributed by atoms with E-state index >= 15 is 0 Å². The van der Waals surface area contributed by atoms with Crippen molar-refractivity contribution in [2.75, 3.05) is 13.7 Å². The summed E-state index contributed by atoms with van der Waals surface area (Å²) in [5, 5.41) is 11.2. The highest BCUT2D eigenvalue weighted by Crippen LogP contribution is 2.32. The molecule has 7 nitrogen and oxygen atoms in total. The first kappa shape index (κ1) is 24.2. The molecule has 1 heterocycles. The van der Waals surface area contributed by atoms with Gasteiger partial charge in [-0.15, -0.1) is 0 Å². The molecular weight excluding hydrogens is 496 g/mol. The lowest BCUT2D eigenvalue weighted by Gasteiger charge is -2.25. The Bertz CT molecular complexity index is 1230. The molecular formula is C23H25BrN2O5S. The highest BCUT2D eigenvalue weighted by atomic mass is 79.9. The maximum absolute atomic E-state index is 13.3. The highest BCUT2D eigenvalue weighted by Gasteiger charge is 2.32. The van der Waals surface area contributed by atoms with Gasteiger partial charge >= 0.3 is 0 Å². The van der Waals surface area contributed by atoms with E-state index in [0.29, 0.717) is 16.7 Å². The summed E-state index contributed by atoms with van der Waals surface area (Å²) in [4.78, 5) is 16.1. The number of unbranched alkanes of at least 4 members (excludes halogenated alkanes) is 1. The third-order valence-corrected chi connectivity index (χ3v) is 7.42. The van der Waals surface area contributed by atoms with Gasteiger partial charge in [0.25, 0.3) is 5.56 Å². The van der Waals surface area contributed by atoms with Crippen LogP contribution in [0.2, 0.25) is 0 Å². The molecule has 0 aliphatic rings. The average Bonchev–Trinajstić information content (AvgIpc) is 2.77. The lowest BCUT2D eigenvalue weighted by molar-refractivity contribution is 0.161. The van der Waals surface area contributed by atoms with E-state index in [2.05, 4.69) is 20.9 Å². The molecule has 0 aliphatic carbocycles. The maximum atomic E-state index is 13.3. The summed E-state index contributed by atoms with van der Waals surface area (Å²) in [6.07, 6.45) is 1.97. The second-order valence-electron chi connectivity index (χ2n) is 7.30. The molecule has 1 N–H and O–H groups in total. The highest BCUT2D eigenvalue weighted by molar-refractivity contribution is 9.10.